The maximum absolute atomic E-state index is 13.3. The van der Waals surface area contributed by atoms with Crippen molar-refractivity contribution < 1.29 is 9.53 Å². The van der Waals surface area contributed by atoms with Crippen molar-refractivity contribution in [1.82, 2.24) is 20.1 Å². The van der Waals surface area contributed by atoms with E-state index in [1.165, 1.54) is 0 Å². The van der Waals surface area contributed by atoms with Gasteiger partial charge in [-0.05, 0) is 29.8 Å². The Morgan fingerprint density at radius 2 is 1.73 bits per heavy atom. The Kier molecular flexibility index (Phi) is 4.52. The minimum atomic E-state index is -0.417. The number of benzene rings is 2. The quantitative estimate of drug-likeness (QED) is 0.565. The standard InChI is InChI=1S/C24H20N4O2/c1-28-20(10-11-27-28)17-12-16(13-25-15-17)14-26-24(29)23-18-6-2-4-8-21(18)30-22-9-5-3-7-19(22)23/h2-13,15,23H,14H2,1H3,(H,26,29). The zero-order valence-corrected chi connectivity index (χ0v) is 16.4. The maximum Gasteiger partial charge on any atom is 0.232 e. The third kappa shape index (κ3) is 3.22. The molecule has 30 heavy (non-hydrogen) atoms. The van der Waals surface area contributed by atoms with Gasteiger partial charge < -0.3 is 10.1 Å². The Labute approximate surface area is 174 Å². The van der Waals surface area contributed by atoms with Crippen LogP contribution in [0.3, 0.4) is 0 Å². The number of para-hydroxylation sites is 2. The molecule has 1 aliphatic rings. The van der Waals surface area contributed by atoms with Crippen LogP contribution in [-0.2, 0) is 18.4 Å². The highest BCUT2D eigenvalue weighted by Gasteiger charge is 2.32. The Hall–Kier alpha value is -3.93. The van der Waals surface area contributed by atoms with Crippen LogP contribution in [0.15, 0.2) is 79.3 Å². The summed E-state index contributed by atoms with van der Waals surface area (Å²) in [6.45, 7) is 0.388. The third-order valence-corrected chi connectivity index (χ3v) is 5.32. The lowest BCUT2D eigenvalue weighted by molar-refractivity contribution is -0.122. The van der Waals surface area contributed by atoms with Gasteiger partial charge in [-0.1, -0.05) is 36.4 Å². The summed E-state index contributed by atoms with van der Waals surface area (Å²) in [6.07, 6.45) is 5.32. The molecule has 0 aliphatic carbocycles. The Balaban J connectivity index is 1.40. The fourth-order valence-corrected chi connectivity index (χ4v) is 3.87. The second-order valence-corrected chi connectivity index (χ2v) is 7.25. The zero-order chi connectivity index (χ0) is 20.5. The Morgan fingerprint density at radius 1 is 1.03 bits per heavy atom. The van der Waals surface area contributed by atoms with Gasteiger partial charge in [0.25, 0.3) is 0 Å². The average Bonchev–Trinajstić information content (AvgIpc) is 3.22. The van der Waals surface area contributed by atoms with Crippen LogP contribution in [0.1, 0.15) is 22.6 Å². The van der Waals surface area contributed by atoms with Crippen molar-refractivity contribution in [3.63, 3.8) is 0 Å². The largest absolute Gasteiger partial charge is 0.457 e. The van der Waals surface area contributed by atoms with E-state index in [1.54, 1.807) is 23.3 Å². The van der Waals surface area contributed by atoms with Gasteiger partial charge in [0.2, 0.25) is 5.91 Å². The maximum atomic E-state index is 13.3. The van der Waals surface area contributed by atoms with E-state index in [-0.39, 0.29) is 5.91 Å². The molecule has 1 N–H and O–H groups in total. The summed E-state index contributed by atoms with van der Waals surface area (Å²) >= 11 is 0. The summed E-state index contributed by atoms with van der Waals surface area (Å²) < 4.78 is 7.79. The SMILES string of the molecule is Cn1nccc1-c1cncc(CNC(=O)C2c3ccccc3Oc3ccccc32)c1. The van der Waals surface area contributed by atoms with Crippen LogP contribution >= 0.6 is 0 Å². The van der Waals surface area contributed by atoms with Crippen LogP contribution < -0.4 is 10.1 Å². The molecular formula is C24H20N4O2. The Bertz CT molecular complexity index is 1190. The minimum absolute atomic E-state index is 0.0656. The molecule has 4 aromatic rings. The van der Waals surface area contributed by atoms with Crippen molar-refractivity contribution in [3.05, 3.63) is 95.9 Å². The number of hydrogen-bond acceptors (Lipinski definition) is 4. The molecule has 0 unspecified atom stereocenters. The van der Waals surface area contributed by atoms with Crippen LogP contribution in [0.4, 0.5) is 0 Å². The van der Waals surface area contributed by atoms with Crippen LogP contribution in [0, 0.1) is 0 Å². The van der Waals surface area contributed by atoms with E-state index < -0.39 is 5.92 Å². The van der Waals surface area contributed by atoms with Crippen LogP contribution in [0.25, 0.3) is 11.3 Å². The monoisotopic (exact) mass is 396 g/mol. The lowest BCUT2D eigenvalue weighted by Crippen LogP contribution is -2.31. The van der Waals surface area contributed by atoms with Gasteiger partial charge in [0.05, 0.1) is 11.6 Å². The number of carbonyl (C=O) groups excluding carboxylic acids is 1. The molecule has 1 amide bonds. The highest BCUT2D eigenvalue weighted by atomic mass is 16.5. The van der Waals surface area contributed by atoms with E-state index >= 15 is 0 Å². The first-order valence-corrected chi connectivity index (χ1v) is 9.76. The molecule has 0 bridgehead atoms. The van der Waals surface area contributed by atoms with Gasteiger partial charge in [-0.25, -0.2) is 0 Å². The highest BCUT2D eigenvalue weighted by molar-refractivity contribution is 5.89. The summed E-state index contributed by atoms with van der Waals surface area (Å²) in [5, 5.41) is 7.29. The predicted molar refractivity (Wildman–Crippen MR) is 113 cm³/mol. The lowest BCUT2D eigenvalue weighted by atomic mass is 9.87. The molecule has 1 aliphatic heterocycles. The van der Waals surface area contributed by atoms with Crippen molar-refractivity contribution >= 4 is 5.91 Å². The van der Waals surface area contributed by atoms with Gasteiger partial charge in [0.1, 0.15) is 11.5 Å². The normalized spacial score (nSPS) is 12.6. The summed E-state index contributed by atoms with van der Waals surface area (Å²) in [6, 6.07) is 19.3. The van der Waals surface area contributed by atoms with Gasteiger partial charge >= 0.3 is 0 Å². The summed E-state index contributed by atoms with van der Waals surface area (Å²) in [7, 11) is 1.89. The molecule has 0 spiro atoms. The first-order valence-electron chi connectivity index (χ1n) is 9.76. The number of fused-ring (bicyclic) bond motifs is 2. The number of aryl methyl sites for hydroxylation is 1. The molecule has 3 heterocycles. The lowest BCUT2D eigenvalue weighted by Gasteiger charge is -2.27. The second kappa shape index (κ2) is 7.48. The van der Waals surface area contributed by atoms with Crippen molar-refractivity contribution in [3.8, 4) is 22.8 Å². The minimum Gasteiger partial charge on any atom is -0.457 e. The van der Waals surface area contributed by atoms with E-state index in [4.69, 9.17) is 4.74 Å². The predicted octanol–water partition coefficient (Wildman–Crippen LogP) is 4.04. The van der Waals surface area contributed by atoms with Gasteiger partial charge in [-0.15, -0.1) is 0 Å². The van der Waals surface area contributed by atoms with Crippen molar-refractivity contribution in [2.75, 3.05) is 0 Å². The molecule has 0 fully saturated rings. The zero-order valence-electron chi connectivity index (χ0n) is 16.4. The molecular weight excluding hydrogens is 376 g/mol. The molecule has 6 heteroatoms. The molecule has 0 saturated heterocycles. The highest BCUT2D eigenvalue weighted by Crippen LogP contribution is 2.43. The molecule has 5 rings (SSSR count). The van der Waals surface area contributed by atoms with Gasteiger partial charge in [-0.2, -0.15) is 5.10 Å². The molecule has 0 saturated carbocycles. The number of nitrogens with one attached hydrogen (secondary N) is 1. The summed E-state index contributed by atoms with van der Waals surface area (Å²) in [5.74, 6) is 0.955. The van der Waals surface area contributed by atoms with E-state index in [0.29, 0.717) is 6.54 Å². The fraction of sp³-hybridized carbons (Fsp3) is 0.125. The summed E-state index contributed by atoms with van der Waals surface area (Å²) in [5.41, 5.74) is 4.60. The smallest absolute Gasteiger partial charge is 0.232 e. The number of pyridine rings is 1. The van der Waals surface area contributed by atoms with Crippen molar-refractivity contribution in [1.29, 1.82) is 0 Å². The third-order valence-electron chi connectivity index (χ3n) is 5.32. The Morgan fingerprint density at radius 3 is 2.40 bits per heavy atom. The molecule has 0 atom stereocenters. The van der Waals surface area contributed by atoms with Crippen molar-refractivity contribution in [2.45, 2.75) is 12.5 Å². The number of hydrogen-bond donors (Lipinski definition) is 1. The number of nitrogens with zero attached hydrogens (tertiary/aromatic N) is 3. The number of aromatic nitrogens is 3. The van der Waals surface area contributed by atoms with Gasteiger partial charge in [-0.3, -0.25) is 14.5 Å². The van der Waals surface area contributed by atoms with E-state index in [0.717, 1.165) is 39.4 Å². The molecule has 148 valence electrons. The number of rotatable bonds is 4. The topological polar surface area (TPSA) is 69.0 Å². The average molecular weight is 396 g/mol. The molecule has 0 radical (unpaired) electrons. The summed E-state index contributed by atoms with van der Waals surface area (Å²) in [4.78, 5) is 17.6. The van der Waals surface area contributed by atoms with Crippen LogP contribution in [0.5, 0.6) is 11.5 Å². The van der Waals surface area contributed by atoms with Crippen molar-refractivity contribution in [2.24, 2.45) is 7.05 Å². The number of ether oxygens (including phenoxy) is 1. The number of amides is 1. The fourth-order valence-electron chi connectivity index (χ4n) is 3.87. The molecule has 2 aromatic heterocycles. The van der Waals surface area contributed by atoms with E-state index in [9.17, 15) is 4.79 Å². The van der Waals surface area contributed by atoms with E-state index in [1.807, 2.05) is 67.7 Å². The first kappa shape index (κ1) is 18.1. The first-order chi connectivity index (χ1) is 14.7. The second-order valence-electron chi connectivity index (χ2n) is 7.25. The van der Waals surface area contributed by atoms with Crippen LogP contribution in [0.2, 0.25) is 0 Å². The molecule has 2 aromatic carbocycles. The molecule has 6 nitrogen and oxygen atoms in total. The van der Waals surface area contributed by atoms with Gasteiger partial charge in [0.15, 0.2) is 0 Å². The van der Waals surface area contributed by atoms with E-state index in [2.05, 4.69) is 15.4 Å². The van der Waals surface area contributed by atoms with Gasteiger partial charge in [0, 0.05) is 48.9 Å². The van der Waals surface area contributed by atoms with Crippen LogP contribution in [-0.4, -0.2) is 20.7 Å². The number of carbonyl (C=O) groups is 1.